The molecule has 0 fully saturated rings. The van der Waals surface area contributed by atoms with Crippen LogP contribution in [0.25, 0.3) is 0 Å². The highest BCUT2D eigenvalue weighted by molar-refractivity contribution is 6.26. The second kappa shape index (κ2) is 3.49. The molecule has 1 aliphatic rings. The molecule has 2 rings (SSSR count). The number of carbonyl (C=O) groups is 1. The number of alkyl halides is 1. The van der Waals surface area contributed by atoms with Crippen LogP contribution in [0.5, 0.6) is 0 Å². The highest BCUT2D eigenvalue weighted by atomic mass is 35.5. The van der Waals surface area contributed by atoms with Crippen LogP contribution in [0.3, 0.4) is 0 Å². The Labute approximate surface area is 100 Å². The third-order valence-electron chi connectivity index (χ3n) is 3.93. The average molecular weight is 239 g/mol. The molecule has 0 aromatic heterocycles. The van der Waals surface area contributed by atoms with Crippen molar-refractivity contribution in [3.05, 3.63) is 35.4 Å². The van der Waals surface area contributed by atoms with Gasteiger partial charge in [-0.3, -0.25) is 4.79 Å². The van der Waals surface area contributed by atoms with Gasteiger partial charge < -0.3 is 5.11 Å². The van der Waals surface area contributed by atoms with Crippen molar-refractivity contribution < 1.29 is 9.90 Å². The molecule has 0 bridgehead atoms. The van der Waals surface area contributed by atoms with Crippen LogP contribution in [0.15, 0.2) is 24.3 Å². The maximum Gasteiger partial charge on any atom is 0.312 e. The molecular weight excluding hydrogens is 224 g/mol. The van der Waals surface area contributed by atoms with Crippen molar-refractivity contribution in [2.45, 2.75) is 31.6 Å². The molecule has 16 heavy (non-hydrogen) atoms. The van der Waals surface area contributed by atoms with E-state index in [-0.39, 0.29) is 0 Å². The Morgan fingerprint density at radius 2 is 2.12 bits per heavy atom. The van der Waals surface area contributed by atoms with Gasteiger partial charge >= 0.3 is 5.97 Å². The summed E-state index contributed by atoms with van der Waals surface area (Å²) in [6, 6.07) is 7.74. The lowest BCUT2D eigenvalue weighted by Crippen LogP contribution is -2.42. The second-order valence-electron chi connectivity index (χ2n) is 4.58. The molecule has 1 aromatic rings. The number of benzene rings is 1. The van der Waals surface area contributed by atoms with E-state index in [0.717, 1.165) is 11.1 Å². The molecule has 1 aromatic carbocycles. The van der Waals surface area contributed by atoms with E-state index in [1.165, 1.54) is 0 Å². The Kier molecular flexibility index (Phi) is 2.50. The van der Waals surface area contributed by atoms with E-state index in [1.54, 1.807) is 0 Å². The number of carboxylic acid groups (broad SMARTS) is 1. The predicted octanol–water partition coefficient (Wildman–Crippen LogP) is 3.18. The van der Waals surface area contributed by atoms with Gasteiger partial charge in [0.05, 0.1) is 10.3 Å². The summed E-state index contributed by atoms with van der Waals surface area (Å²) >= 11 is 6.54. The van der Waals surface area contributed by atoms with E-state index < -0.39 is 16.3 Å². The van der Waals surface area contributed by atoms with Gasteiger partial charge in [-0.2, -0.15) is 0 Å². The lowest BCUT2D eigenvalue weighted by molar-refractivity contribution is -0.151. The zero-order valence-corrected chi connectivity index (χ0v) is 10.2. The molecule has 2 nitrogen and oxygen atoms in total. The van der Waals surface area contributed by atoms with Gasteiger partial charge in [0.25, 0.3) is 0 Å². The maximum atomic E-state index is 11.6. The smallest absolute Gasteiger partial charge is 0.312 e. The second-order valence-corrected chi connectivity index (χ2v) is 5.33. The van der Waals surface area contributed by atoms with E-state index in [9.17, 15) is 9.90 Å². The van der Waals surface area contributed by atoms with Crippen LogP contribution in [0, 0.1) is 5.41 Å². The Bertz CT molecular complexity index is 439. The Morgan fingerprint density at radius 1 is 1.50 bits per heavy atom. The molecule has 0 aliphatic heterocycles. The molecular formula is C13H15ClO2. The normalized spacial score (nSPS) is 32.4. The van der Waals surface area contributed by atoms with Crippen LogP contribution in [-0.2, 0) is 16.1 Å². The van der Waals surface area contributed by atoms with Crippen LogP contribution in [-0.4, -0.2) is 11.1 Å². The summed E-state index contributed by atoms with van der Waals surface area (Å²) in [7, 11) is 0. The summed E-state index contributed by atoms with van der Waals surface area (Å²) in [6.45, 7) is 3.71. The van der Waals surface area contributed by atoms with Crippen molar-refractivity contribution in [3.63, 3.8) is 0 Å². The minimum absolute atomic E-state index is 0.523. The highest BCUT2D eigenvalue weighted by Crippen LogP contribution is 2.56. The zero-order valence-electron chi connectivity index (χ0n) is 9.46. The van der Waals surface area contributed by atoms with Crippen molar-refractivity contribution in [2.24, 2.45) is 5.41 Å². The minimum atomic E-state index is -0.877. The fourth-order valence-electron chi connectivity index (χ4n) is 2.77. The molecule has 0 saturated carbocycles. The Hall–Kier alpha value is -1.02. The van der Waals surface area contributed by atoms with Gasteiger partial charge in [-0.1, -0.05) is 31.2 Å². The third kappa shape index (κ3) is 1.23. The Balaban J connectivity index is 2.62. The fourth-order valence-corrected chi connectivity index (χ4v) is 3.23. The molecule has 1 aliphatic carbocycles. The molecule has 1 N–H and O–H groups in total. The molecule has 2 unspecified atom stereocenters. The summed E-state index contributed by atoms with van der Waals surface area (Å²) in [5, 5.41) is 9.49. The van der Waals surface area contributed by atoms with Gasteiger partial charge in [0.15, 0.2) is 0 Å². The number of fused-ring (bicyclic) bond motifs is 1. The van der Waals surface area contributed by atoms with E-state index in [4.69, 9.17) is 11.6 Å². The van der Waals surface area contributed by atoms with Crippen molar-refractivity contribution >= 4 is 17.6 Å². The van der Waals surface area contributed by atoms with Crippen LogP contribution in [0.4, 0.5) is 0 Å². The van der Waals surface area contributed by atoms with Gasteiger partial charge in [-0.15, -0.1) is 11.6 Å². The largest absolute Gasteiger partial charge is 0.481 e. The van der Waals surface area contributed by atoms with Gasteiger partial charge in [0.1, 0.15) is 0 Å². The zero-order chi connectivity index (χ0) is 12.0. The summed E-state index contributed by atoms with van der Waals surface area (Å²) in [4.78, 5) is 10.7. The van der Waals surface area contributed by atoms with Gasteiger partial charge in [0.2, 0.25) is 0 Å². The highest BCUT2D eigenvalue weighted by Gasteiger charge is 2.57. The molecule has 0 amide bonds. The van der Waals surface area contributed by atoms with E-state index in [0.29, 0.717) is 12.8 Å². The number of halogens is 1. The first-order valence-electron chi connectivity index (χ1n) is 5.46. The van der Waals surface area contributed by atoms with Crippen LogP contribution in [0.2, 0.25) is 0 Å². The van der Waals surface area contributed by atoms with Gasteiger partial charge in [-0.05, 0) is 30.9 Å². The predicted molar refractivity (Wildman–Crippen MR) is 63.7 cm³/mol. The summed E-state index contributed by atoms with van der Waals surface area (Å²) < 4.78 is 0. The quantitative estimate of drug-likeness (QED) is 0.804. The van der Waals surface area contributed by atoms with Crippen molar-refractivity contribution in [2.75, 3.05) is 0 Å². The number of rotatable bonds is 2. The van der Waals surface area contributed by atoms with E-state index in [2.05, 4.69) is 0 Å². The lowest BCUT2D eigenvalue weighted by atomic mass is 9.74. The van der Waals surface area contributed by atoms with Crippen molar-refractivity contribution in [1.29, 1.82) is 0 Å². The summed E-state index contributed by atoms with van der Waals surface area (Å²) in [6.07, 6.45) is 1.06. The number of hydrogen-bond acceptors (Lipinski definition) is 1. The van der Waals surface area contributed by atoms with Crippen LogP contribution in [0.1, 0.15) is 31.4 Å². The first-order chi connectivity index (χ1) is 7.45. The average Bonchev–Trinajstić information content (AvgIpc) is 2.48. The molecule has 0 heterocycles. The van der Waals surface area contributed by atoms with Crippen LogP contribution >= 0.6 is 11.6 Å². The van der Waals surface area contributed by atoms with Crippen LogP contribution < -0.4 is 0 Å². The van der Waals surface area contributed by atoms with Gasteiger partial charge in [-0.25, -0.2) is 0 Å². The first-order valence-corrected chi connectivity index (χ1v) is 5.84. The summed E-state index contributed by atoms with van der Waals surface area (Å²) in [5.41, 5.74) is 1.14. The number of hydrogen-bond donors (Lipinski definition) is 1. The van der Waals surface area contributed by atoms with Crippen molar-refractivity contribution in [1.82, 2.24) is 0 Å². The van der Waals surface area contributed by atoms with Gasteiger partial charge in [0, 0.05) is 0 Å². The summed E-state index contributed by atoms with van der Waals surface area (Å²) in [5.74, 6) is -0.802. The number of carboxylic acids is 1. The molecule has 2 atom stereocenters. The lowest BCUT2D eigenvalue weighted by Gasteiger charge is -2.35. The standard InChI is InChI=1S/C13H15ClO2/c1-3-13(11(15)16)8-9-6-4-5-7-10(9)12(13,2)14/h4-7H,3,8H2,1-2H3,(H,15,16). The molecule has 0 saturated heterocycles. The SMILES string of the molecule is CCC1(C(=O)O)Cc2ccccc2C1(C)Cl. The monoisotopic (exact) mass is 238 g/mol. The molecule has 0 radical (unpaired) electrons. The minimum Gasteiger partial charge on any atom is -0.481 e. The number of aliphatic carboxylic acids is 1. The molecule has 0 spiro atoms. The topological polar surface area (TPSA) is 37.3 Å². The van der Waals surface area contributed by atoms with Crippen molar-refractivity contribution in [3.8, 4) is 0 Å². The van der Waals surface area contributed by atoms with E-state index in [1.807, 2.05) is 38.1 Å². The fraction of sp³-hybridized carbons (Fsp3) is 0.462. The van der Waals surface area contributed by atoms with E-state index >= 15 is 0 Å². The maximum absolute atomic E-state index is 11.6. The molecule has 86 valence electrons. The molecule has 3 heteroatoms. The third-order valence-corrected chi connectivity index (χ3v) is 4.49. The Morgan fingerprint density at radius 3 is 2.62 bits per heavy atom. The first kappa shape index (κ1) is 11.5.